The summed E-state index contributed by atoms with van der Waals surface area (Å²) in [5.41, 5.74) is 0. The molecule has 0 aliphatic heterocycles. The summed E-state index contributed by atoms with van der Waals surface area (Å²) in [6.45, 7) is 0. The van der Waals surface area contributed by atoms with Crippen molar-refractivity contribution in [2.45, 2.75) is 6.29 Å². The van der Waals surface area contributed by atoms with Gasteiger partial charge in [-0.15, -0.1) is 8.78 Å². The summed E-state index contributed by atoms with van der Waals surface area (Å²) < 4.78 is 33.7. The zero-order valence-electron chi connectivity index (χ0n) is 7.06. The SMILES string of the molecule is COC(F)(F)Oc1ccc(Cl)c(Br)c1. The molecular weight excluding hydrogens is 281 g/mol. The minimum Gasteiger partial charge on any atom is -0.409 e. The molecule has 1 aromatic rings. The van der Waals surface area contributed by atoms with Gasteiger partial charge in [-0.3, -0.25) is 4.74 Å². The second-order valence-electron chi connectivity index (χ2n) is 2.35. The summed E-state index contributed by atoms with van der Waals surface area (Å²) in [7, 11) is 0.852. The van der Waals surface area contributed by atoms with E-state index in [0.717, 1.165) is 7.11 Å². The van der Waals surface area contributed by atoms with Gasteiger partial charge in [0, 0.05) is 11.6 Å². The van der Waals surface area contributed by atoms with Crippen molar-refractivity contribution in [3.8, 4) is 5.75 Å². The normalized spacial score (nSPS) is 11.5. The van der Waals surface area contributed by atoms with Gasteiger partial charge in [0.05, 0.1) is 5.02 Å². The van der Waals surface area contributed by atoms with E-state index in [4.69, 9.17) is 11.6 Å². The van der Waals surface area contributed by atoms with E-state index in [2.05, 4.69) is 25.4 Å². The minimum atomic E-state index is -3.63. The van der Waals surface area contributed by atoms with Crippen molar-refractivity contribution >= 4 is 27.5 Å². The summed E-state index contributed by atoms with van der Waals surface area (Å²) in [5, 5.41) is 0.415. The van der Waals surface area contributed by atoms with Crippen molar-refractivity contribution in [3.05, 3.63) is 27.7 Å². The zero-order chi connectivity index (χ0) is 10.8. The molecule has 0 aromatic heterocycles. The fourth-order valence-electron chi connectivity index (χ4n) is 0.719. The largest absolute Gasteiger partial charge is 0.535 e. The van der Waals surface area contributed by atoms with Crippen LogP contribution in [0.25, 0.3) is 0 Å². The predicted octanol–water partition coefficient (Wildman–Crippen LogP) is 3.68. The van der Waals surface area contributed by atoms with Gasteiger partial charge in [0.2, 0.25) is 0 Å². The molecule has 0 radical (unpaired) electrons. The topological polar surface area (TPSA) is 18.5 Å². The monoisotopic (exact) mass is 286 g/mol. The molecule has 0 fully saturated rings. The molecule has 0 N–H and O–H groups in total. The number of ether oxygens (including phenoxy) is 2. The molecule has 78 valence electrons. The number of methoxy groups -OCH3 is 1. The van der Waals surface area contributed by atoms with Gasteiger partial charge in [0.25, 0.3) is 0 Å². The van der Waals surface area contributed by atoms with Crippen molar-refractivity contribution in [2.75, 3.05) is 7.11 Å². The number of benzene rings is 1. The number of halogens is 4. The molecule has 0 saturated heterocycles. The Morgan fingerprint density at radius 1 is 1.43 bits per heavy atom. The van der Waals surface area contributed by atoms with E-state index in [1.54, 1.807) is 0 Å². The van der Waals surface area contributed by atoms with Crippen molar-refractivity contribution in [1.29, 1.82) is 0 Å². The van der Waals surface area contributed by atoms with Gasteiger partial charge in [-0.25, -0.2) is 0 Å². The third-order valence-electron chi connectivity index (χ3n) is 1.37. The van der Waals surface area contributed by atoms with E-state index in [-0.39, 0.29) is 5.75 Å². The maximum absolute atomic E-state index is 12.6. The number of hydrogen-bond donors (Lipinski definition) is 0. The molecule has 0 aliphatic rings. The highest BCUT2D eigenvalue weighted by molar-refractivity contribution is 9.10. The second kappa shape index (κ2) is 4.42. The van der Waals surface area contributed by atoms with Gasteiger partial charge in [0.1, 0.15) is 5.75 Å². The van der Waals surface area contributed by atoms with Crippen LogP contribution in [0.4, 0.5) is 8.78 Å². The summed E-state index contributed by atoms with van der Waals surface area (Å²) in [4.78, 5) is 0. The van der Waals surface area contributed by atoms with Crippen LogP contribution < -0.4 is 4.74 Å². The van der Waals surface area contributed by atoms with Crippen molar-refractivity contribution in [1.82, 2.24) is 0 Å². The first kappa shape index (κ1) is 11.7. The highest BCUT2D eigenvalue weighted by Gasteiger charge is 2.31. The van der Waals surface area contributed by atoms with E-state index in [0.29, 0.717) is 9.50 Å². The highest BCUT2D eigenvalue weighted by atomic mass is 79.9. The maximum atomic E-state index is 12.6. The lowest BCUT2D eigenvalue weighted by molar-refractivity contribution is -0.342. The average Bonchev–Trinajstić information content (AvgIpc) is 2.11. The first-order chi connectivity index (χ1) is 6.44. The molecule has 14 heavy (non-hydrogen) atoms. The summed E-state index contributed by atoms with van der Waals surface area (Å²) >= 11 is 8.74. The molecule has 1 rings (SSSR count). The van der Waals surface area contributed by atoms with Crippen LogP contribution in [-0.2, 0) is 4.74 Å². The van der Waals surface area contributed by atoms with Gasteiger partial charge >= 0.3 is 6.29 Å². The molecule has 0 spiro atoms. The fourth-order valence-corrected chi connectivity index (χ4v) is 1.19. The molecule has 0 heterocycles. The Bertz CT molecular complexity index is 333. The van der Waals surface area contributed by atoms with Gasteiger partial charge < -0.3 is 4.74 Å². The maximum Gasteiger partial charge on any atom is 0.535 e. The van der Waals surface area contributed by atoms with Crippen LogP contribution in [0, 0.1) is 0 Å². The van der Waals surface area contributed by atoms with Crippen LogP contribution in [0.5, 0.6) is 5.75 Å². The van der Waals surface area contributed by atoms with Gasteiger partial charge in [-0.2, -0.15) is 0 Å². The highest BCUT2D eigenvalue weighted by Crippen LogP contribution is 2.29. The first-order valence-corrected chi connectivity index (χ1v) is 4.69. The Kier molecular flexibility index (Phi) is 3.69. The molecule has 6 heteroatoms. The Hall–Kier alpha value is -0.390. The number of alkyl halides is 2. The number of rotatable bonds is 3. The smallest absolute Gasteiger partial charge is 0.409 e. The van der Waals surface area contributed by atoms with E-state index < -0.39 is 6.29 Å². The van der Waals surface area contributed by atoms with E-state index in [1.165, 1.54) is 18.2 Å². The quantitative estimate of drug-likeness (QED) is 0.790. The van der Waals surface area contributed by atoms with Crippen molar-refractivity contribution in [2.24, 2.45) is 0 Å². The standard InChI is InChI=1S/C8H6BrClF2O2/c1-13-8(11,12)14-5-2-3-7(10)6(9)4-5/h2-4H,1H3. The molecule has 0 saturated carbocycles. The van der Waals surface area contributed by atoms with E-state index in [9.17, 15) is 8.78 Å². The molecule has 0 aliphatic carbocycles. The Morgan fingerprint density at radius 3 is 2.57 bits per heavy atom. The van der Waals surface area contributed by atoms with Gasteiger partial charge in [-0.05, 0) is 34.1 Å². The van der Waals surface area contributed by atoms with Crippen molar-refractivity contribution < 1.29 is 18.3 Å². The summed E-state index contributed by atoms with van der Waals surface area (Å²) in [5.74, 6) is -0.0341. The first-order valence-electron chi connectivity index (χ1n) is 3.51. The van der Waals surface area contributed by atoms with E-state index in [1.807, 2.05) is 0 Å². The third-order valence-corrected chi connectivity index (χ3v) is 2.58. The van der Waals surface area contributed by atoms with Crippen LogP contribution in [0.3, 0.4) is 0 Å². The second-order valence-corrected chi connectivity index (χ2v) is 3.61. The Morgan fingerprint density at radius 2 is 2.07 bits per heavy atom. The van der Waals surface area contributed by atoms with Crippen LogP contribution in [0.1, 0.15) is 0 Å². The molecule has 0 bridgehead atoms. The molecule has 1 aromatic carbocycles. The lowest BCUT2D eigenvalue weighted by Gasteiger charge is -2.15. The summed E-state index contributed by atoms with van der Waals surface area (Å²) in [6.07, 6.45) is -3.63. The summed E-state index contributed by atoms with van der Waals surface area (Å²) in [6, 6.07) is 4.09. The predicted molar refractivity (Wildman–Crippen MR) is 51.7 cm³/mol. The lowest BCUT2D eigenvalue weighted by Crippen LogP contribution is -2.26. The van der Waals surface area contributed by atoms with Crippen LogP contribution >= 0.6 is 27.5 Å². The molecule has 0 unspecified atom stereocenters. The van der Waals surface area contributed by atoms with Gasteiger partial charge in [0.15, 0.2) is 0 Å². The zero-order valence-corrected chi connectivity index (χ0v) is 9.40. The Labute approximate surface area is 92.9 Å². The minimum absolute atomic E-state index is 0.0341. The molecular formula is C8H6BrClF2O2. The van der Waals surface area contributed by atoms with Crippen LogP contribution in [0.15, 0.2) is 22.7 Å². The Balaban J connectivity index is 2.83. The van der Waals surface area contributed by atoms with E-state index >= 15 is 0 Å². The fraction of sp³-hybridized carbons (Fsp3) is 0.250. The molecule has 0 atom stereocenters. The number of hydrogen-bond acceptors (Lipinski definition) is 2. The van der Waals surface area contributed by atoms with Crippen LogP contribution in [-0.4, -0.2) is 13.4 Å². The molecule has 2 nitrogen and oxygen atoms in total. The molecule has 0 amide bonds. The van der Waals surface area contributed by atoms with Crippen molar-refractivity contribution in [3.63, 3.8) is 0 Å². The van der Waals surface area contributed by atoms with Gasteiger partial charge in [-0.1, -0.05) is 11.6 Å². The third kappa shape index (κ3) is 3.08. The lowest BCUT2D eigenvalue weighted by atomic mass is 10.3. The van der Waals surface area contributed by atoms with Crippen LogP contribution in [0.2, 0.25) is 5.02 Å². The average molecular weight is 287 g/mol.